The summed E-state index contributed by atoms with van der Waals surface area (Å²) in [6.45, 7) is 0.562. The SMILES string of the molecule is [Si]OCCC(c1cccc2ccccc12)(c1cccc2ccccc12)c1cccc2ccccc12. The smallest absolute Gasteiger partial charge is 0.246 e. The van der Waals surface area contributed by atoms with Crippen LogP contribution in [0.1, 0.15) is 23.1 Å². The number of rotatable bonds is 6. The lowest BCUT2D eigenvalue weighted by molar-refractivity contribution is 0.313. The Labute approximate surface area is 209 Å². The van der Waals surface area contributed by atoms with E-state index in [-0.39, 0.29) is 0 Å². The maximum atomic E-state index is 5.60. The summed E-state index contributed by atoms with van der Waals surface area (Å²) >= 11 is 0. The van der Waals surface area contributed by atoms with Gasteiger partial charge >= 0.3 is 0 Å². The van der Waals surface area contributed by atoms with E-state index in [2.05, 4.69) is 138 Å². The van der Waals surface area contributed by atoms with Crippen molar-refractivity contribution >= 4 is 42.8 Å². The molecule has 0 aromatic heterocycles. The zero-order valence-electron chi connectivity index (χ0n) is 19.4. The molecule has 0 aliphatic rings. The van der Waals surface area contributed by atoms with E-state index in [0.29, 0.717) is 6.61 Å². The van der Waals surface area contributed by atoms with Crippen molar-refractivity contribution in [1.29, 1.82) is 0 Å². The lowest BCUT2D eigenvalue weighted by atomic mass is 9.64. The number of hydrogen-bond donors (Lipinski definition) is 0. The van der Waals surface area contributed by atoms with Crippen LogP contribution < -0.4 is 0 Å². The molecule has 0 aliphatic heterocycles. The van der Waals surface area contributed by atoms with Gasteiger partial charge in [-0.25, -0.2) is 0 Å². The molecule has 3 radical (unpaired) electrons. The van der Waals surface area contributed by atoms with Crippen LogP contribution in [0.25, 0.3) is 32.3 Å². The Balaban J connectivity index is 1.83. The van der Waals surface area contributed by atoms with Crippen molar-refractivity contribution in [2.45, 2.75) is 11.8 Å². The van der Waals surface area contributed by atoms with Crippen LogP contribution >= 0.6 is 0 Å². The first-order valence-electron chi connectivity index (χ1n) is 12.1. The third kappa shape index (κ3) is 3.58. The van der Waals surface area contributed by atoms with Crippen LogP contribution in [0.3, 0.4) is 0 Å². The lowest BCUT2D eigenvalue weighted by Crippen LogP contribution is -2.32. The van der Waals surface area contributed by atoms with Gasteiger partial charge in [-0.05, 0) is 55.4 Å². The van der Waals surface area contributed by atoms with Crippen molar-refractivity contribution in [2.24, 2.45) is 0 Å². The zero-order valence-corrected chi connectivity index (χ0v) is 20.4. The summed E-state index contributed by atoms with van der Waals surface area (Å²) in [5.74, 6) is 0. The highest BCUT2D eigenvalue weighted by molar-refractivity contribution is 5.98. The maximum absolute atomic E-state index is 5.60. The van der Waals surface area contributed by atoms with Crippen LogP contribution in [-0.2, 0) is 9.84 Å². The normalized spacial score (nSPS) is 11.9. The molecule has 6 rings (SSSR count). The summed E-state index contributed by atoms with van der Waals surface area (Å²) in [5, 5.41) is 7.54. The van der Waals surface area contributed by atoms with E-state index in [4.69, 9.17) is 4.43 Å². The number of benzene rings is 6. The molecule has 1 nitrogen and oxygen atoms in total. The van der Waals surface area contributed by atoms with E-state index in [0.717, 1.165) is 6.42 Å². The molecule has 0 saturated carbocycles. The topological polar surface area (TPSA) is 9.23 Å². The van der Waals surface area contributed by atoms with Gasteiger partial charge in [-0.15, -0.1) is 0 Å². The third-order valence-electron chi connectivity index (χ3n) is 7.33. The summed E-state index contributed by atoms with van der Waals surface area (Å²) in [5.41, 5.74) is 3.46. The molecule has 6 aromatic carbocycles. The zero-order chi connectivity index (χ0) is 23.7. The van der Waals surface area contributed by atoms with Crippen LogP contribution in [0.15, 0.2) is 127 Å². The van der Waals surface area contributed by atoms with E-state index in [9.17, 15) is 0 Å². The molecule has 0 bridgehead atoms. The predicted molar refractivity (Wildman–Crippen MR) is 148 cm³/mol. The molecule has 2 heteroatoms. The predicted octanol–water partition coefficient (Wildman–Crippen LogP) is 7.97. The van der Waals surface area contributed by atoms with Gasteiger partial charge in [0.15, 0.2) is 0 Å². The van der Waals surface area contributed by atoms with Gasteiger partial charge in [0.2, 0.25) is 10.5 Å². The molecule has 6 aromatic rings. The summed E-state index contributed by atoms with van der Waals surface area (Å²) in [7, 11) is 3.32. The Kier molecular flexibility index (Phi) is 5.69. The Bertz CT molecular complexity index is 1450. The molecule has 167 valence electrons. The first-order chi connectivity index (χ1) is 17.3. The molecular formula is C33H25OSi. The second-order valence-corrected chi connectivity index (χ2v) is 9.37. The molecule has 0 atom stereocenters. The molecule has 0 N–H and O–H groups in total. The molecule has 35 heavy (non-hydrogen) atoms. The second-order valence-electron chi connectivity index (χ2n) is 9.08. The monoisotopic (exact) mass is 465 g/mol. The van der Waals surface area contributed by atoms with Crippen LogP contribution in [0.2, 0.25) is 0 Å². The van der Waals surface area contributed by atoms with Gasteiger partial charge in [0, 0.05) is 12.0 Å². The molecule has 0 unspecified atom stereocenters. The van der Waals surface area contributed by atoms with Crippen LogP contribution in [0.4, 0.5) is 0 Å². The largest absolute Gasteiger partial charge is 0.419 e. The van der Waals surface area contributed by atoms with Crippen molar-refractivity contribution in [3.05, 3.63) is 144 Å². The minimum Gasteiger partial charge on any atom is -0.419 e. The fourth-order valence-electron chi connectivity index (χ4n) is 5.84. The Morgan fingerprint density at radius 2 is 0.800 bits per heavy atom. The van der Waals surface area contributed by atoms with Crippen molar-refractivity contribution in [3.8, 4) is 0 Å². The average molecular weight is 466 g/mol. The van der Waals surface area contributed by atoms with Gasteiger partial charge in [0.1, 0.15) is 0 Å². The molecule has 0 amide bonds. The van der Waals surface area contributed by atoms with Crippen LogP contribution in [-0.4, -0.2) is 17.1 Å². The quantitative estimate of drug-likeness (QED) is 0.179. The Morgan fingerprint density at radius 1 is 0.457 bits per heavy atom. The first-order valence-corrected chi connectivity index (χ1v) is 12.5. The minimum atomic E-state index is -0.435. The highest BCUT2D eigenvalue weighted by atomic mass is 28.2. The summed E-state index contributed by atoms with van der Waals surface area (Å²) in [6, 6.07) is 46.3. The number of fused-ring (bicyclic) bond motifs is 3. The van der Waals surface area contributed by atoms with Gasteiger partial charge in [-0.3, -0.25) is 0 Å². The van der Waals surface area contributed by atoms with Crippen molar-refractivity contribution < 1.29 is 4.43 Å². The summed E-state index contributed by atoms with van der Waals surface area (Å²) < 4.78 is 5.60. The van der Waals surface area contributed by atoms with E-state index in [1.54, 1.807) is 0 Å². The molecule has 0 spiro atoms. The molecular weight excluding hydrogens is 440 g/mol. The fourth-order valence-corrected chi connectivity index (χ4v) is 5.94. The molecule has 0 heterocycles. The van der Waals surface area contributed by atoms with Crippen LogP contribution in [0, 0.1) is 0 Å². The van der Waals surface area contributed by atoms with Gasteiger partial charge in [-0.1, -0.05) is 127 Å². The Morgan fingerprint density at radius 3 is 1.17 bits per heavy atom. The van der Waals surface area contributed by atoms with Gasteiger partial charge in [0.25, 0.3) is 0 Å². The highest BCUT2D eigenvalue weighted by Gasteiger charge is 2.39. The molecule has 0 saturated heterocycles. The average Bonchev–Trinajstić information content (AvgIpc) is 2.93. The standard InChI is InChI=1S/C33H25OSi/c35-34-23-22-33(30-19-7-13-24-10-1-4-16-27(24)30,31-20-8-14-25-11-2-5-17-28(25)31)32-21-9-15-26-12-3-6-18-29(26)32/h1-21H,22-23H2. The van der Waals surface area contributed by atoms with Gasteiger partial charge < -0.3 is 4.43 Å². The number of hydrogen-bond acceptors (Lipinski definition) is 1. The molecule has 0 aliphatic carbocycles. The van der Waals surface area contributed by atoms with E-state index in [1.165, 1.54) is 49.0 Å². The highest BCUT2D eigenvalue weighted by Crippen LogP contribution is 2.49. The van der Waals surface area contributed by atoms with Crippen molar-refractivity contribution in [1.82, 2.24) is 0 Å². The van der Waals surface area contributed by atoms with E-state index >= 15 is 0 Å². The Hall–Kier alpha value is -3.72. The van der Waals surface area contributed by atoms with Gasteiger partial charge in [-0.2, -0.15) is 0 Å². The molecule has 0 fully saturated rings. The first kappa shape index (κ1) is 21.8. The lowest BCUT2D eigenvalue weighted by Gasteiger charge is -2.38. The van der Waals surface area contributed by atoms with E-state index in [1.807, 2.05) is 0 Å². The maximum Gasteiger partial charge on any atom is 0.246 e. The third-order valence-corrected chi connectivity index (χ3v) is 7.53. The van der Waals surface area contributed by atoms with Crippen molar-refractivity contribution in [2.75, 3.05) is 6.61 Å². The van der Waals surface area contributed by atoms with Gasteiger partial charge in [0.05, 0.1) is 0 Å². The second kappa shape index (κ2) is 9.14. The van der Waals surface area contributed by atoms with Crippen molar-refractivity contribution in [3.63, 3.8) is 0 Å². The fraction of sp³-hybridized carbons (Fsp3) is 0.0909. The summed E-state index contributed by atoms with van der Waals surface area (Å²) in [4.78, 5) is 0. The summed E-state index contributed by atoms with van der Waals surface area (Å²) in [6.07, 6.45) is 0.784. The van der Waals surface area contributed by atoms with Crippen LogP contribution in [0.5, 0.6) is 0 Å². The minimum absolute atomic E-state index is 0.435. The van der Waals surface area contributed by atoms with E-state index < -0.39 is 5.41 Å².